The zero-order valence-electron chi connectivity index (χ0n) is 20.7. The zero-order chi connectivity index (χ0) is 26.0. The molecule has 36 heavy (non-hydrogen) atoms. The molecule has 2 aromatic carbocycles. The Morgan fingerprint density at radius 1 is 1.14 bits per heavy atom. The average Bonchev–Trinajstić information content (AvgIpc) is 3.32. The molecule has 1 aliphatic heterocycles. The number of benzodiazepines with no additional fused rings is 1. The Morgan fingerprint density at radius 3 is 2.39 bits per heavy atom. The van der Waals surface area contributed by atoms with Crippen LogP contribution in [0.15, 0.2) is 65.7 Å². The molecule has 7 nitrogen and oxygen atoms in total. The Bertz CT molecular complexity index is 1230. The fraction of sp³-hybridized carbons (Fsp3) is 0.357. The van der Waals surface area contributed by atoms with Crippen molar-refractivity contribution in [3.8, 4) is 0 Å². The highest BCUT2D eigenvalue weighted by Crippen LogP contribution is 2.43. The first-order chi connectivity index (χ1) is 17.1. The lowest BCUT2D eigenvalue weighted by atomic mass is 9.69. The standard InChI is InChI=1S/C28H31ClN4O3/c1-17(2)16-21(28(27(30)36)14-6-7-15-28)25(34)32-24-26(35)33(3)22-9-5-4-8-20(22)23(31-24)18-10-12-19(29)13-11-18/h4-13,17,21,24H,14-16H2,1-3H3,(H2,30,36)(H,32,34). The van der Waals surface area contributed by atoms with E-state index in [0.29, 0.717) is 35.7 Å². The Morgan fingerprint density at radius 2 is 1.78 bits per heavy atom. The van der Waals surface area contributed by atoms with Gasteiger partial charge < -0.3 is 16.0 Å². The number of amides is 3. The number of nitrogens with one attached hydrogen (secondary N) is 1. The summed E-state index contributed by atoms with van der Waals surface area (Å²) >= 11 is 6.10. The van der Waals surface area contributed by atoms with Gasteiger partial charge in [-0.25, -0.2) is 4.99 Å². The minimum atomic E-state index is -1.17. The number of nitrogens with two attached hydrogens (primary N) is 1. The summed E-state index contributed by atoms with van der Waals surface area (Å²) in [6.45, 7) is 3.99. The van der Waals surface area contributed by atoms with Crippen LogP contribution in [-0.2, 0) is 14.4 Å². The predicted octanol–water partition coefficient (Wildman–Crippen LogP) is 4.08. The summed E-state index contributed by atoms with van der Waals surface area (Å²) in [5, 5.41) is 3.45. The number of rotatable bonds is 7. The molecule has 1 heterocycles. The minimum Gasteiger partial charge on any atom is -0.369 e. The Balaban J connectivity index is 1.75. The lowest BCUT2D eigenvalue weighted by Crippen LogP contribution is -2.53. The number of para-hydroxylation sites is 1. The van der Waals surface area contributed by atoms with Gasteiger partial charge in [-0.15, -0.1) is 0 Å². The molecule has 1 aliphatic carbocycles. The van der Waals surface area contributed by atoms with E-state index in [4.69, 9.17) is 22.3 Å². The number of carbonyl (C=O) groups excluding carboxylic acids is 3. The van der Waals surface area contributed by atoms with E-state index in [1.54, 1.807) is 19.2 Å². The predicted molar refractivity (Wildman–Crippen MR) is 142 cm³/mol. The maximum atomic E-state index is 13.8. The highest BCUT2D eigenvalue weighted by Gasteiger charge is 2.49. The van der Waals surface area contributed by atoms with Gasteiger partial charge in [0.1, 0.15) is 0 Å². The third-order valence-electron chi connectivity index (χ3n) is 7.05. The third-order valence-corrected chi connectivity index (χ3v) is 7.30. The summed E-state index contributed by atoms with van der Waals surface area (Å²) in [6, 6.07) is 14.7. The number of halogens is 1. The molecule has 0 radical (unpaired) electrons. The van der Waals surface area contributed by atoms with E-state index in [1.165, 1.54) is 4.90 Å². The van der Waals surface area contributed by atoms with E-state index >= 15 is 0 Å². The van der Waals surface area contributed by atoms with Gasteiger partial charge in [0.25, 0.3) is 5.91 Å². The molecule has 2 aromatic rings. The van der Waals surface area contributed by atoms with Gasteiger partial charge in [0.05, 0.1) is 22.7 Å². The van der Waals surface area contributed by atoms with Gasteiger partial charge >= 0.3 is 0 Å². The minimum absolute atomic E-state index is 0.141. The molecule has 2 atom stereocenters. The molecule has 0 saturated carbocycles. The summed E-state index contributed by atoms with van der Waals surface area (Å²) in [5.41, 5.74) is 7.61. The number of fused-ring (bicyclic) bond motifs is 1. The molecule has 0 fully saturated rings. The maximum Gasteiger partial charge on any atom is 0.272 e. The number of primary amides is 1. The fourth-order valence-corrected chi connectivity index (χ4v) is 5.20. The second-order valence-electron chi connectivity index (χ2n) is 9.89. The fourth-order valence-electron chi connectivity index (χ4n) is 5.07. The number of carbonyl (C=O) groups is 3. The Hall–Kier alpha value is -3.45. The van der Waals surface area contributed by atoms with Crippen LogP contribution in [0.25, 0.3) is 0 Å². The number of anilines is 1. The maximum absolute atomic E-state index is 13.8. The van der Waals surface area contributed by atoms with Crippen LogP contribution in [0.5, 0.6) is 0 Å². The number of nitrogens with zero attached hydrogens (tertiary/aromatic N) is 2. The van der Waals surface area contributed by atoms with Crippen LogP contribution in [-0.4, -0.2) is 36.6 Å². The van der Waals surface area contributed by atoms with Gasteiger partial charge in [0.15, 0.2) is 0 Å². The van der Waals surface area contributed by atoms with Crippen molar-refractivity contribution < 1.29 is 14.4 Å². The molecule has 3 N–H and O–H groups in total. The number of hydrogen-bond donors (Lipinski definition) is 2. The van der Waals surface area contributed by atoms with E-state index in [1.807, 2.05) is 62.4 Å². The van der Waals surface area contributed by atoms with Crippen LogP contribution in [0.1, 0.15) is 44.2 Å². The topological polar surface area (TPSA) is 105 Å². The summed E-state index contributed by atoms with van der Waals surface area (Å²) < 4.78 is 0. The number of benzene rings is 2. The van der Waals surface area contributed by atoms with E-state index in [9.17, 15) is 14.4 Å². The molecular weight excluding hydrogens is 476 g/mol. The number of allylic oxidation sites excluding steroid dienone is 2. The van der Waals surface area contributed by atoms with Crippen LogP contribution in [0, 0.1) is 17.3 Å². The normalized spacial score (nSPS) is 19.5. The summed E-state index contributed by atoms with van der Waals surface area (Å²) in [4.78, 5) is 46.2. The number of aliphatic imine (C=N–C) groups is 1. The zero-order valence-corrected chi connectivity index (χ0v) is 21.5. The highest BCUT2D eigenvalue weighted by atomic mass is 35.5. The van der Waals surface area contributed by atoms with Crippen molar-refractivity contribution in [1.29, 1.82) is 0 Å². The molecule has 0 saturated heterocycles. The van der Waals surface area contributed by atoms with Crippen molar-refractivity contribution in [2.75, 3.05) is 11.9 Å². The average molecular weight is 507 g/mol. The van der Waals surface area contributed by atoms with Crippen molar-refractivity contribution in [3.05, 3.63) is 76.8 Å². The number of hydrogen-bond acceptors (Lipinski definition) is 4. The Kier molecular flexibility index (Phi) is 7.31. The van der Waals surface area contributed by atoms with Gasteiger partial charge in [-0.05, 0) is 43.4 Å². The van der Waals surface area contributed by atoms with Gasteiger partial charge in [0.2, 0.25) is 18.0 Å². The van der Waals surface area contributed by atoms with Crippen molar-refractivity contribution in [2.24, 2.45) is 28.0 Å². The van der Waals surface area contributed by atoms with Gasteiger partial charge in [0, 0.05) is 23.2 Å². The van der Waals surface area contributed by atoms with Gasteiger partial charge in [-0.1, -0.05) is 67.9 Å². The second-order valence-corrected chi connectivity index (χ2v) is 10.3. The van der Waals surface area contributed by atoms with Crippen molar-refractivity contribution in [1.82, 2.24) is 5.32 Å². The van der Waals surface area contributed by atoms with Gasteiger partial charge in [-0.3, -0.25) is 14.4 Å². The van der Waals surface area contributed by atoms with Crippen LogP contribution >= 0.6 is 11.6 Å². The van der Waals surface area contributed by atoms with E-state index in [-0.39, 0.29) is 11.8 Å². The quantitative estimate of drug-likeness (QED) is 0.553. The lowest BCUT2D eigenvalue weighted by Gasteiger charge is -2.35. The highest BCUT2D eigenvalue weighted by molar-refractivity contribution is 6.30. The van der Waals surface area contributed by atoms with E-state index in [2.05, 4.69) is 5.32 Å². The third kappa shape index (κ3) is 4.80. The van der Waals surface area contributed by atoms with Crippen LogP contribution in [0.2, 0.25) is 5.02 Å². The van der Waals surface area contributed by atoms with Crippen molar-refractivity contribution in [3.63, 3.8) is 0 Å². The molecular formula is C28H31ClN4O3. The SMILES string of the molecule is CC(C)CC(C(=O)NC1N=C(c2ccc(Cl)cc2)c2ccccc2N(C)C1=O)C1(C(N)=O)CC=CC1. The Labute approximate surface area is 216 Å². The first-order valence-corrected chi connectivity index (χ1v) is 12.5. The molecule has 0 bridgehead atoms. The van der Waals surface area contributed by atoms with Crippen LogP contribution in [0.4, 0.5) is 5.69 Å². The first-order valence-electron chi connectivity index (χ1n) is 12.1. The lowest BCUT2D eigenvalue weighted by molar-refractivity contribution is -0.141. The second kappa shape index (κ2) is 10.3. The molecule has 188 valence electrons. The monoisotopic (exact) mass is 506 g/mol. The van der Waals surface area contributed by atoms with Crippen LogP contribution < -0.4 is 16.0 Å². The molecule has 3 amide bonds. The first kappa shape index (κ1) is 25.6. The van der Waals surface area contributed by atoms with Crippen molar-refractivity contribution in [2.45, 2.75) is 39.3 Å². The molecule has 4 rings (SSSR count). The van der Waals surface area contributed by atoms with E-state index in [0.717, 1.165) is 11.1 Å². The largest absolute Gasteiger partial charge is 0.369 e. The van der Waals surface area contributed by atoms with E-state index < -0.39 is 29.3 Å². The van der Waals surface area contributed by atoms with Crippen LogP contribution in [0.3, 0.4) is 0 Å². The number of likely N-dealkylation sites (N-methyl/N-ethyl adjacent to an activating group) is 1. The molecule has 2 unspecified atom stereocenters. The molecule has 0 aromatic heterocycles. The van der Waals surface area contributed by atoms with Crippen molar-refractivity contribution >= 4 is 40.7 Å². The summed E-state index contributed by atoms with van der Waals surface area (Å²) in [5.74, 6) is -1.83. The molecule has 2 aliphatic rings. The smallest absolute Gasteiger partial charge is 0.272 e. The molecule has 0 spiro atoms. The summed E-state index contributed by atoms with van der Waals surface area (Å²) in [7, 11) is 1.66. The summed E-state index contributed by atoms with van der Waals surface area (Å²) in [6.07, 6.45) is 3.87. The van der Waals surface area contributed by atoms with Gasteiger partial charge in [-0.2, -0.15) is 0 Å². The molecule has 8 heteroatoms.